The largest absolute Gasteiger partial charge is 0.507 e. The van der Waals surface area contributed by atoms with Crippen LogP contribution in [0.5, 0.6) is 5.75 Å². The van der Waals surface area contributed by atoms with Crippen LogP contribution in [0.3, 0.4) is 0 Å². The lowest BCUT2D eigenvalue weighted by molar-refractivity contribution is 0.0977. The Morgan fingerprint density at radius 1 is 1.10 bits per heavy atom. The number of thiocarbonyl (C=S) groups is 1. The topological polar surface area (TPSA) is 87.4 Å². The van der Waals surface area contributed by atoms with E-state index in [1.54, 1.807) is 24.3 Å². The molecule has 0 fully saturated rings. The summed E-state index contributed by atoms with van der Waals surface area (Å²) in [6.07, 6.45) is 0.907. The number of nitrogens with one attached hydrogen (secondary N) is 2. The number of aromatic hydroxyl groups is 1. The molecule has 31 heavy (non-hydrogen) atoms. The molecule has 0 aliphatic rings. The minimum atomic E-state index is -0.309. The summed E-state index contributed by atoms with van der Waals surface area (Å²) in [6.45, 7) is 4.03. The van der Waals surface area contributed by atoms with E-state index in [1.807, 2.05) is 37.3 Å². The normalized spacial score (nSPS) is 10.8. The quantitative estimate of drug-likeness (QED) is 0.385. The van der Waals surface area contributed by atoms with Crippen LogP contribution in [0, 0.1) is 6.92 Å². The number of anilines is 1. The highest BCUT2D eigenvalue weighted by atomic mass is 32.1. The van der Waals surface area contributed by atoms with Gasteiger partial charge in [0, 0.05) is 17.3 Å². The Bertz CT molecular complexity index is 1280. The molecule has 6 nitrogen and oxygen atoms in total. The summed E-state index contributed by atoms with van der Waals surface area (Å²) in [7, 11) is 0. The highest BCUT2D eigenvalue weighted by molar-refractivity contribution is 7.80. The Kier molecular flexibility index (Phi) is 5.68. The van der Waals surface area contributed by atoms with Crippen LogP contribution in [-0.2, 0) is 6.42 Å². The lowest BCUT2D eigenvalue weighted by Gasteiger charge is -2.11. The number of phenols is 1. The Hall–Kier alpha value is -3.71. The predicted molar refractivity (Wildman–Crippen MR) is 125 cm³/mol. The molecule has 3 aromatic carbocycles. The van der Waals surface area contributed by atoms with Crippen molar-refractivity contribution in [3.8, 4) is 17.2 Å². The van der Waals surface area contributed by atoms with Crippen molar-refractivity contribution >= 4 is 40.0 Å². The molecule has 7 heteroatoms. The summed E-state index contributed by atoms with van der Waals surface area (Å²) in [4.78, 5) is 16.8. The zero-order valence-electron chi connectivity index (χ0n) is 17.1. The molecule has 3 N–H and O–H groups in total. The van der Waals surface area contributed by atoms with Gasteiger partial charge in [-0.3, -0.25) is 10.1 Å². The fraction of sp³-hybridized carbons (Fsp3) is 0.125. The molecule has 0 saturated heterocycles. The standard InChI is InChI=1S/C24H21N3O3S/c1-3-15-6-11-21-19(12-15)26-23(30-21)18-10-9-17(13-20(18)28)25-24(31)27-22(29)16-7-4-14(2)5-8-16/h4-13,28H,3H2,1-2H3,(H2,25,27,29,31). The average molecular weight is 432 g/mol. The summed E-state index contributed by atoms with van der Waals surface area (Å²) >= 11 is 5.22. The molecule has 1 amide bonds. The van der Waals surface area contributed by atoms with E-state index in [0.717, 1.165) is 23.1 Å². The maximum Gasteiger partial charge on any atom is 0.257 e. The van der Waals surface area contributed by atoms with Gasteiger partial charge in [-0.15, -0.1) is 0 Å². The van der Waals surface area contributed by atoms with Crippen molar-refractivity contribution in [2.75, 3.05) is 5.32 Å². The first-order valence-electron chi connectivity index (χ1n) is 9.85. The number of aryl methyl sites for hydroxylation is 2. The van der Waals surface area contributed by atoms with Crippen molar-refractivity contribution in [1.82, 2.24) is 10.3 Å². The first kappa shape index (κ1) is 20.6. The highest BCUT2D eigenvalue weighted by Crippen LogP contribution is 2.33. The van der Waals surface area contributed by atoms with Crippen LogP contribution in [0.1, 0.15) is 28.4 Å². The van der Waals surface area contributed by atoms with Crippen molar-refractivity contribution in [1.29, 1.82) is 0 Å². The molecule has 0 spiro atoms. The third kappa shape index (κ3) is 4.57. The van der Waals surface area contributed by atoms with Crippen LogP contribution in [0.2, 0.25) is 0 Å². The van der Waals surface area contributed by atoms with E-state index in [2.05, 4.69) is 22.5 Å². The van der Waals surface area contributed by atoms with Gasteiger partial charge >= 0.3 is 0 Å². The van der Waals surface area contributed by atoms with Crippen LogP contribution in [0.25, 0.3) is 22.6 Å². The number of carbonyl (C=O) groups is 1. The second-order valence-electron chi connectivity index (χ2n) is 7.18. The molecule has 4 rings (SSSR count). The second-order valence-corrected chi connectivity index (χ2v) is 7.59. The van der Waals surface area contributed by atoms with Crippen LogP contribution >= 0.6 is 12.2 Å². The molecule has 1 heterocycles. The molecule has 0 bridgehead atoms. The highest BCUT2D eigenvalue weighted by Gasteiger charge is 2.14. The molecule has 0 aliphatic carbocycles. The van der Waals surface area contributed by atoms with Gasteiger partial charge in [0.15, 0.2) is 10.7 Å². The van der Waals surface area contributed by atoms with Gasteiger partial charge in [0.25, 0.3) is 5.91 Å². The number of aromatic nitrogens is 1. The monoisotopic (exact) mass is 431 g/mol. The summed E-state index contributed by atoms with van der Waals surface area (Å²) in [5.41, 5.74) is 5.14. The van der Waals surface area contributed by atoms with Crippen LogP contribution in [-0.4, -0.2) is 21.1 Å². The molecule has 0 saturated carbocycles. The van der Waals surface area contributed by atoms with Crippen LogP contribution in [0.4, 0.5) is 5.69 Å². The number of hydrogen-bond acceptors (Lipinski definition) is 5. The summed E-state index contributed by atoms with van der Waals surface area (Å²) in [5, 5.41) is 16.2. The maximum atomic E-state index is 12.3. The van der Waals surface area contributed by atoms with E-state index in [4.69, 9.17) is 16.6 Å². The van der Waals surface area contributed by atoms with Gasteiger partial charge in [0.1, 0.15) is 11.3 Å². The molecule has 0 aliphatic heterocycles. The van der Waals surface area contributed by atoms with Gasteiger partial charge < -0.3 is 14.8 Å². The van der Waals surface area contributed by atoms with E-state index in [0.29, 0.717) is 28.3 Å². The molecular formula is C24H21N3O3S. The van der Waals surface area contributed by atoms with E-state index < -0.39 is 0 Å². The number of benzene rings is 3. The number of hydrogen-bond donors (Lipinski definition) is 3. The second kappa shape index (κ2) is 8.57. The van der Waals surface area contributed by atoms with E-state index in [9.17, 15) is 9.90 Å². The fourth-order valence-corrected chi connectivity index (χ4v) is 3.35. The zero-order chi connectivity index (χ0) is 22.0. The number of oxazole rings is 1. The lowest BCUT2D eigenvalue weighted by atomic mass is 10.1. The van der Waals surface area contributed by atoms with E-state index in [-0.39, 0.29) is 16.8 Å². The van der Waals surface area contributed by atoms with Crippen molar-refractivity contribution in [2.45, 2.75) is 20.3 Å². The van der Waals surface area contributed by atoms with Crippen molar-refractivity contribution in [3.05, 3.63) is 77.4 Å². The first-order chi connectivity index (χ1) is 14.9. The Morgan fingerprint density at radius 2 is 1.87 bits per heavy atom. The number of nitrogens with zero attached hydrogens (tertiary/aromatic N) is 1. The Morgan fingerprint density at radius 3 is 2.58 bits per heavy atom. The molecule has 0 atom stereocenters. The summed E-state index contributed by atoms with van der Waals surface area (Å²) in [5.74, 6) is 0.0127. The van der Waals surface area contributed by atoms with Crippen LogP contribution < -0.4 is 10.6 Å². The zero-order valence-corrected chi connectivity index (χ0v) is 17.9. The van der Waals surface area contributed by atoms with E-state index >= 15 is 0 Å². The van der Waals surface area contributed by atoms with Crippen molar-refractivity contribution in [3.63, 3.8) is 0 Å². The fourth-order valence-electron chi connectivity index (χ4n) is 3.14. The third-order valence-corrected chi connectivity index (χ3v) is 5.09. The molecule has 1 aromatic heterocycles. The van der Waals surface area contributed by atoms with Gasteiger partial charge in [0.2, 0.25) is 5.89 Å². The Balaban J connectivity index is 1.47. The Labute approximate surface area is 184 Å². The van der Waals surface area contributed by atoms with Crippen LogP contribution in [0.15, 0.2) is 65.1 Å². The van der Waals surface area contributed by atoms with Crippen molar-refractivity contribution < 1.29 is 14.3 Å². The smallest absolute Gasteiger partial charge is 0.257 e. The summed E-state index contributed by atoms with van der Waals surface area (Å²) in [6, 6.07) is 18.0. The number of carbonyl (C=O) groups excluding carboxylic acids is 1. The first-order valence-corrected chi connectivity index (χ1v) is 10.3. The van der Waals surface area contributed by atoms with E-state index in [1.165, 1.54) is 6.07 Å². The van der Waals surface area contributed by atoms with Gasteiger partial charge in [0.05, 0.1) is 5.56 Å². The van der Waals surface area contributed by atoms with Gasteiger partial charge in [-0.05, 0) is 67.5 Å². The number of phenolic OH excluding ortho intramolecular Hbond substituents is 1. The molecule has 0 unspecified atom stereocenters. The molecular weight excluding hydrogens is 410 g/mol. The maximum absolute atomic E-state index is 12.3. The number of fused-ring (bicyclic) bond motifs is 1. The van der Waals surface area contributed by atoms with Gasteiger partial charge in [-0.1, -0.05) is 30.7 Å². The molecule has 4 aromatic rings. The minimum Gasteiger partial charge on any atom is -0.507 e. The number of amides is 1. The van der Waals surface area contributed by atoms with Crippen molar-refractivity contribution in [2.24, 2.45) is 0 Å². The average Bonchev–Trinajstić information content (AvgIpc) is 3.17. The molecule has 0 radical (unpaired) electrons. The van der Waals surface area contributed by atoms with Gasteiger partial charge in [-0.25, -0.2) is 4.98 Å². The molecule has 156 valence electrons. The SMILES string of the molecule is CCc1ccc2oc(-c3ccc(NC(=S)NC(=O)c4ccc(C)cc4)cc3O)nc2c1. The minimum absolute atomic E-state index is 0.0140. The predicted octanol–water partition coefficient (Wildman–Crippen LogP) is 5.20. The third-order valence-electron chi connectivity index (χ3n) is 4.89. The lowest BCUT2D eigenvalue weighted by Crippen LogP contribution is -2.34. The van der Waals surface area contributed by atoms with Gasteiger partial charge in [-0.2, -0.15) is 0 Å². The summed E-state index contributed by atoms with van der Waals surface area (Å²) < 4.78 is 5.79. The number of rotatable bonds is 4.